The predicted octanol–water partition coefficient (Wildman–Crippen LogP) is 1.67. The van der Waals surface area contributed by atoms with Gasteiger partial charge in [-0.15, -0.1) is 0 Å². The fraction of sp³-hybridized carbons (Fsp3) is 0.579. The quantitative estimate of drug-likeness (QED) is 0.816. The van der Waals surface area contributed by atoms with Gasteiger partial charge in [0.2, 0.25) is 5.91 Å². The SMILES string of the molecule is O=C(CCN1CCN(C(=O)C2CCCO2)CC1)NCc1ccccc1Cl. The van der Waals surface area contributed by atoms with Crippen molar-refractivity contribution in [3.63, 3.8) is 0 Å². The first-order chi connectivity index (χ1) is 12.6. The Morgan fingerprint density at radius 3 is 2.65 bits per heavy atom. The van der Waals surface area contributed by atoms with Crippen LogP contribution < -0.4 is 5.32 Å². The van der Waals surface area contributed by atoms with Gasteiger partial charge in [0.1, 0.15) is 6.10 Å². The van der Waals surface area contributed by atoms with Gasteiger partial charge in [0.15, 0.2) is 0 Å². The zero-order valence-electron chi connectivity index (χ0n) is 15.0. The molecule has 0 aliphatic carbocycles. The topological polar surface area (TPSA) is 61.9 Å². The molecule has 2 fully saturated rings. The molecule has 1 aromatic rings. The lowest BCUT2D eigenvalue weighted by atomic mass is 10.2. The Balaban J connectivity index is 1.33. The number of piperazine rings is 1. The zero-order valence-corrected chi connectivity index (χ0v) is 15.7. The first kappa shape index (κ1) is 19.1. The number of amides is 2. The van der Waals surface area contributed by atoms with Gasteiger partial charge in [-0.1, -0.05) is 29.8 Å². The van der Waals surface area contributed by atoms with Crippen LogP contribution >= 0.6 is 11.6 Å². The van der Waals surface area contributed by atoms with Crippen LogP contribution in [0.2, 0.25) is 5.02 Å². The molecule has 0 bridgehead atoms. The molecular weight excluding hydrogens is 354 g/mol. The minimum absolute atomic E-state index is 0.0165. The summed E-state index contributed by atoms with van der Waals surface area (Å²) < 4.78 is 5.48. The molecule has 6 nitrogen and oxygen atoms in total. The highest BCUT2D eigenvalue weighted by Crippen LogP contribution is 2.16. The molecule has 2 heterocycles. The van der Waals surface area contributed by atoms with Crippen molar-refractivity contribution in [1.29, 1.82) is 0 Å². The van der Waals surface area contributed by atoms with Gasteiger partial charge in [-0.3, -0.25) is 14.5 Å². The van der Waals surface area contributed by atoms with E-state index in [2.05, 4.69) is 10.2 Å². The van der Waals surface area contributed by atoms with Crippen LogP contribution in [-0.4, -0.2) is 67.0 Å². The minimum atomic E-state index is -0.239. The molecule has 2 aliphatic rings. The highest BCUT2D eigenvalue weighted by atomic mass is 35.5. The Bertz CT molecular complexity index is 626. The molecular formula is C19H26ClN3O3. The van der Waals surface area contributed by atoms with Crippen LogP contribution in [0.1, 0.15) is 24.8 Å². The van der Waals surface area contributed by atoms with E-state index in [-0.39, 0.29) is 17.9 Å². The monoisotopic (exact) mass is 379 g/mol. The summed E-state index contributed by atoms with van der Waals surface area (Å²) in [6, 6.07) is 7.51. The highest BCUT2D eigenvalue weighted by molar-refractivity contribution is 6.31. The highest BCUT2D eigenvalue weighted by Gasteiger charge is 2.30. The summed E-state index contributed by atoms with van der Waals surface area (Å²) in [6.07, 6.45) is 2.02. The van der Waals surface area contributed by atoms with Gasteiger partial charge in [-0.25, -0.2) is 0 Å². The van der Waals surface area contributed by atoms with Crippen molar-refractivity contribution in [3.8, 4) is 0 Å². The van der Waals surface area contributed by atoms with E-state index in [1.54, 1.807) is 0 Å². The molecule has 1 aromatic carbocycles. The normalized spacial score (nSPS) is 21.0. The van der Waals surface area contributed by atoms with Gasteiger partial charge in [-0.2, -0.15) is 0 Å². The second-order valence-electron chi connectivity index (χ2n) is 6.79. The Kier molecular flexibility index (Phi) is 6.88. The summed E-state index contributed by atoms with van der Waals surface area (Å²) in [4.78, 5) is 28.5. The van der Waals surface area contributed by atoms with Gasteiger partial charge in [0, 0.05) is 57.3 Å². The third kappa shape index (κ3) is 5.19. The van der Waals surface area contributed by atoms with Crippen LogP contribution in [-0.2, 0) is 20.9 Å². The number of rotatable bonds is 6. The molecule has 7 heteroatoms. The number of hydrogen-bond donors (Lipinski definition) is 1. The molecule has 2 amide bonds. The van der Waals surface area contributed by atoms with E-state index in [0.29, 0.717) is 44.2 Å². The van der Waals surface area contributed by atoms with E-state index in [0.717, 1.165) is 31.5 Å². The van der Waals surface area contributed by atoms with Crippen molar-refractivity contribution >= 4 is 23.4 Å². The number of nitrogens with zero attached hydrogens (tertiary/aromatic N) is 2. The molecule has 1 N–H and O–H groups in total. The lowest BCUT2D eigenvalue weighted by Gasteiger charge is -2.35. The Labute approximate surface area is 159 Å². The standard InChI is InChI=1S/C19H26ClN3O3/c20-16-5-2-1-4-15(16)14-21-18(24)7-8-22-9-11-23(12-10-22)19(25)17-6-3-13-26-17/h1-2,4-5,17H,3,6-14H2,(H,21,24). The third-order valence-electron chi connectivity index (χ3n) is 4.98. The molecule has 0 spiro atoms. The number of hydrogen-bond acceptors (Lipinski definition) is 4. The summed E-state index contributed by atoms with van der Waals surface area (Å²) in [5.41, 5.74) is 0.920. The molecule has 0 aromatic heterocycles. The first-order valence-electron chi connectivity index (χ1n) is 9.26. The smallest absolute Gasteiger partial charge is 0.251 e. The van der Waals surface area contributed by atoms with E-state index in [1.165, 1.54) is 0 Å². The van der Waals surface area contributed by atoms with Crippen LogP contribution in [0, 0.1) is 0 Å². The Morgan fingerprint density at radius 2 is 1.96 bits per heavy atom. The average molecular weight is 380 g/mol. The van der Waals surface area contributed by atoms with Crippen LogP contribution in [0.25, 0.3) is 0 Å². The van der Waals surface area contributed by atoms with Crippen molar-refractivity contribution in [2.75, 3.05) is 39.3 Å². The summed E-state index contributed by atoms with van der Waals surface area (Å²) in [6.45, 7) is 4.87. The van der Waals surface area contributed by atoms with Gasteiger partial charge in [-0.05, 0) is 24.5 Å². The van der Waals surface area contributed by atoms with E-state index < -0.39 is 0 Å². The molecule has 2 saturated heterocycles. The molecule has 142 valence electrons. The molecule has 26 heavy (non-hydrogen) atoms. The largest absolute Gasteiger partial charge is 0.368 e. The number of ether oxygens (including phenoxy) is 1. The molecule has 2 aliphatic heterocycles. The van der Waals surface area contributed by atoms with E-state index in [4.69, 9.17) is 16.3 Å². The lowest BCUT2D eigenvalue weighted by Crippen LogP contribution is -2.51. The first-order valence-corrected chi connectivity index (χ1v) is 9.64. The van der Waals surface area contributed by atoms with Crippen LogP contribution in [0.15, 0.2) is 24.3 Å². The summed E-state index contributed by atoms with van der Waals surface area (Å²) in [7, 11) is 0. The minimum Gasteiger partial charge on any atom is -0.368 e. The fourth-order valence-electron chi connectivity index (χ4n) is 3.35. The van der Waals surface area contributed by atoms with E-state index >= 15 is 0 Å². The zero-order chi connectivity index (χ0) is 18.4. The van der Waals surface area contributed by atoms with Crippen LogP contribution in [0.4, 0.5) is 0 Å². The van der Waals surface area contributed by atoms with Crippen molar-refractivity contribution < 1.29 is 14.3 Å². The number of carbonyl (C=O) groups excluding carboxylic acids is 2. The number of nitrogens with one attached hydrogen (secondary N) is 1. The fourth-order valence-corrected chi connectivity index (χ4v) is 3.55. The summed E-state index contributed by atoms with van der Waals surface area (Å²) in [5, 5.41) is 3.58. The molecule has 1 unspecified atom stereocenters. The van der Waals surface area contributed by atoms with E-state index in [1.807, 2.05) is 29.2 Å². The molecule has 3 rings (SSSR count). The Hall–Kier alpha value is -1.63. The lowest BCUT2D eigenvalue weighted by molar-refractivity contribution is -0.142. The van der Waals surface area contributed by atoms with E-state index in [9.17, 15) is 9.59 Å². The van der Waals surface area contributed by atoms with Crippen molar-refractivity contribution in [2.24, 2.45) is 0 Å². The predicted molar refractivity (Wildman–Crippen MR) is 99.9 cm³/mol. The maximum atomic E-state index is 12.3. The molecule has 0 saturated carbocycles. The van der Waals surface area contributed by atoms with Crippen LogP contribution in [0.3, 0.4) is 0 Å². The summed E-state index contributed by atoms with van der Waals surface area (Å²) >= 11 is 6.09. The van der Waals surface area contributed by atoms with Crippen LogP contribution in [0.5, 0.6) is 0 Å². The second kappa shape index (κ2) is 9.35. The number of benzene rings is 1. The Morgan fingerprint density at radius 1 is 1.19 bits per heavy atom. The maximum absolute atomic E-state index is 12.3. The van der Waals surface area contributed by atoms with Gasteiger partial charge in [0.25, 0.3) is 5.91 Å². The number of halogens is 1. The molecule has 1 atom stereocenters. The number of carbonyl (C=O) groups is 2. The average Bonchev–Trinajstić information content (AvgIpc) is 3.20. The second-order valence-corrected chi connectivity index (χ2v) is 7.19. The van der Waals surface area contributed by atoms with Gasteiger partial charge >= 0.3 is 0 Å². The maximum Gasteiger partial charge on any atom is 0.251 e. The van der Waals surface area contributed by atoms with Crippen molar-refractivity contribution in [3.05, 3.63) is 34.9 Å². The van der Waals surface area contributed by atoms with Crippen molar-refractivity contribution in [2.45, 2.75) is 31.9 Å². The van der Waals surface area contributed by atoms with Gasteiger partial charge < -0.3 is 15.0 Å². The third-order valence-corrected chi connectivity index (χ3v) is 5.35. The molecule has 0 radical (unpaired) electrons. The summed E-state index contributed by atoms with van der Waals surface area (Å²) in [5.74, 6) is 0.141. The van der Waals surface area contributed by atoms with Crippen molar-refractivity contribution in [1.82, 2.24) is 15.1 Å². The van der Waals surface area contributed by atoms with Gasteiger partial charge in [0.05, 0.1) is 0 Å².